The standard InChI is InChI=1S/C25H30N4O3/c1-18-10-12-20(13-11-18)27-22(30)21(19-8-3-2-4-9-19)26-16-7-17-29-23(31)25(28-24(29)32)14-5-6-15-25/h2-4,8-13,21,26H,5-7,14-17H2,1H3,(H,27,30)(H,28,32)/t21-/m0/s1. The highest BCUT2D eigenvalue weighted by Crippen LogP contribution is 2.35. The van der Waals surface area contributed by atoms with Gasteiger partial charge in [0.05, 0.1) is 0 Å². The van der Waals surface area contributed by atoms with Crippen LogP contribution < -0.4 is 16.0 Å². The zero-order chi connectivity index (χ0) is 22.6. The van der Waals surface area contributed by atoms with Crippen molar-refractivity contribution in [1.82, 2.24) is 15.5 Å². The van der Waals surface area contributed by atoms with Gasteiger partial charge in [-0.05, 0) is 50.4 Å². The first-order valence-corrected chi connectivity index (χ1v) is 11.3. The second kappa shape index (κ2) is 9.53. The molecule has 2 aliphatic rings. The number of anilines is 1. The van der Waals surface area contributed by atoms with Gasteiger partial charge in [0.1, 0.15) is 11.6 Å². The van der Waals surface area contributed by atoms with E-state index in [1.54, 1.807) is 0 Å². The maximum atomic E-state index is 13.0. The molecule has 1 aliphatic heterocycles. The minimum Gasteiger partial charge on any atom is -0.324 e. The van der Waals surface area contributed by atoms with Crippen molar-refractivity contribution in [2.24, 2.45) is 0 Å². The van der Waals surface area contributed by atoms with E-state index in [0.29, 0.717) is 19.5 Å². The van der Waals surface area contributed by atoms with E-state index < -0.39 is 11.6 Å². The van der Waals surface area contributed by atoms with Crippen LogP contribution in [-0.4, -0.2) is 41.4 Å². The molecular weight excluding hydrogens is 404 g/mol. The molecular formula is C25H30N4O3. The SMILES string of the molecule is Cc1ccc(NC(=O)[C@@H](NCCCN2C(=O)NC3(CCCC3)C2=O)c2ccccc2)cc1. The van der Waals surface area contributed by atoms with Gasteiger partial charge in [0, 0.05) is 12.2 Å². The summed E-state index contributed by atoms with van der Waals surface area (Å²) in [5.74, 6) is -0.253. The summed E-state index contributed by atoms with van der Waals surface area (Å²) in [6.07, 6.45) is 3.95. The van der Waals surface area contributed by atoms with E-state index in [9.17, 15) is 14.4 Å². The fraction of sp³-hybridized carbons (Fsp3) is 0.400. The van der Waals surface area contributed by atoms with Crippen molar-refractivity contribution in [2.45, 2.75) is 50.6 Å². The maximum absolute atomic E-state index is 13.0. The van der Waals surface area contributed by atoms with Crippen LogP contribution in [0.15, 0.2) is 54.6 Å². The summed E-state index contributed by atoms with van der Waals surface area (Å²) in [6.45, 7) is 2.82. The van der Waals surface area contributed by atoms with Crippen LogP contribution in [0.3, 0.4) is 0 Å². The summed E-state index contributed by atoms with van der Waals surface area (Å²) >= 11 is 0. The summed E-state index contributed by atoms with van der Waals surface area (Å²) in [5, 5.41) is 9.17. The van der Waals surface area contributed by atoms with Crippen molar-refractivity contribution in [3.63, 3.8) is 0 Å². The predicted molar refractivity (Wildman–Crippen MR) is 123 cm³/mol. The van der Waals surface area contributed by atoms with Gasteiger partial charge in [0.25, 0.3) is 5.91 Å². The number of nitrogens with one attached hydrogen (secondary N) is 3. The van der Waals surface area contributed by atoms with E-state index in [-0.39, 0.29) is 17.8 Å². The number of nitrogens with zero attached hydrogens (tertiary/aromatic N) is 1. The molecule has 2 aromatic carbocycles. The predicted octanol–water partition coefficient (Wildman–Crippen LogP) is 3.52. The van der Waals surface area contributed by atoms with Gasteiger partial charge in [-0.15, -0.1) is 0 Å². The Morgan fingerprint density at radius 3 is 2.44 bits per heavy atom. The first-order valence-electron chi connectivity index (χ1n) is 11.3. The molecule has 0 bridgehead atoms. The Morgan fingerprint density at radius 2 is 1.75 bits per heavy atom. The van der Waals surface area contributed by atoms with Crippen LogP contribution in [-0.2, 0) is 9.59 Å². The first kappa shape index (κ1) is 22.0. The number of hydrogen-bond donors (Lipinski definition) is 3. The maximum Gasteiger partial charge on any atom is 0.325 e. The lowest BCUT2D eigenvalue weighted by Gasteiger charge is -2.21. The second-order valence-electron chi connectivity index (χ2n) is 8.68. The van der Waals surface area contributed by atoms with Crippen LogP contribution in [0.4, 0.5) is 10.5 Å². The quantitative estimate of drug-likeness (QED) is 0.438. The lowest BCUT2D eigenvalue weighted by molar-refractivity contribution is -0.131. The van der Waals surface area contributed by atoms with E-state index in [1.165, 1.54) is 4.90 Å². The smallest absolute Gasteiger partial charge is 0.324 e. The summed E-state index contributed by atoms with van der Waals surface area (Å²) in [4.78, 5) is 39.5. The van der Waals surface area contributed by atoms with Crippen LogP contribution in [0.2, 0.25) is 0 Å². The number of carbonyl (C=O) groups is 3. The molecule has 1 saturated heterocycles. The molecule has 0 radical (unpaired) electrons. The van der Waals surface area contributed by atoms with Gasteiger partial charge >= 0.3 is 6.03 Å². The normalized spacial score (nSPS) is 18.1. The number of carbonyl (C=O) groups excluding carboxylic acids is 3. The zero-order valence-corrected chi connectivity index (χ0v) is 18.4. The molecule has 7 nitrogen and oxygen atoms in total. The van der Waals surface area contributed by atoms with E-state index in [1.807, 2.05) is 61.5 Å². The molecule has 1 saturated carbocycles. The molecule has 0 aromatic heterocycles. The fourth-order valence-electron chi connectivity index (χ4n) is 4.54. The van der Waals surface area contributed by atoms with Crippen LogP contribution in [0, 0.1) is 6.92 Å². The minimum absolute atomic E-state index is 0.100. The molecule has 4 rings (SSSR count). The first-order chi connectivity index (χ1) is 15.5. The van der Waals surface area contributed by atoms with E-state index in [2.05, 4.69) is 16.0 Å². The number of benzene rings is 2. The third-order valence-corrected chi connectivity index (χ3v) is 6.32. The van der Waals surface area contributed by atoms with Gasteiger partial charge in [-0.25, -0.2) is 4.79 Å². The highest BCUT2D eigenvalue weighted by Gasteiger charge is 2.51. The molecule has 3 N–H and O–H groups in total. The summed E-state index contributed by atoms with van der Waals surface area (Å²) in [5.41, 5.74) is 2.05. The monoisotopic (exact) mass is 434 g/mol. The Morgan fingerprint density at radius 1 is 1.06 bits per heavy atom. The number of aryl methyl sites for hydroxylation is 1. The molecule has 2 fully saturated rings. The van der Waals surface area contributed by atoms with Crippen LogP contribution in [0.5, 0.6) is 0 Å². The molecule has 168 valence electrons. The van der Waals surface area contributed by atoms with Gasteiger partial charge in [0.15, 0.2) is 0 Å². The Balaban J connectivity index is 1.35. The third kappa shape index (κ3) is 4.67. The molecule has 1 atom stereocenters. The fourth-order valence-corrected chi connectivity index (χ4v) is 4.54. The van der Waals surface area contributed by atoms with Crippen LogP contribution in [0.1, 0.15) is 49.3 Å². The van der Waals surface area contributed by atoms with Gasteiger partial charge in [0.2, 0.25) is 5.91 Å². The molecule has 32 heavy (non-hydrogen) atoms. The number of rotatable bonds is 8. The highest BCUT2D eigenvalue weighted by molar-refractivity contribution is 6.07. The third-order valence-electron chi connectivity index (χ3n) is 6.32. The van der Waals surface area contributed by atoms with Crippen molar-refractivity contribution in [3.8, 4) is 0 Å². The average molecular weight is 435 g/mol. The van der Waals surface area contributed by atoms with Crippen molar-refractivity contribution in [1.29, 1.82) is 0 Å². The summed E-state index contributed by atoms with van der Waals surface area (Å²) in [7, 11) is 0. The molecule has 0 unspecified atom stereocenters. The Kier molecular flexibility index (Phi) is 6.55. The molecule has 4 amide bonds. The van der Waals surface area contributed by atoms with Crippen molar-refractivity contribution in [2.75, 3.05) is 18.4 Å². The molecule has 2 aromatic rings. The molecule has 1 spiro atoms. The number of hydrogen-bond acceptors (Lipinski definition) is 4. The van der Waals surface area contributed by atoms with Crippen molar-refractivity contribution < 1.29 is 14.4 Å². The summed E-state index contributed by atoms with van der Waals surface area (Å²) in [6, 6.07) is 16.4. The zero-order valence-electron chi connectivity index (χ0n) is 18.4. The topological polar surface area (TPSA) is 90.5 Å². The second-order valence-corrected chi connectivity index (χ2v) is 8.68. The Labute approximate surface area is 188 Å². The van der Waals surface area contributed by atoms with E-state index >= 15 is 0 Å². The van der Waals surface area contributed by atoms with Gasteiger partial charge in [-0.2, -0.15) is 0 Å². The number of imide groups is 1. The lowest BCUT2D eigenvalue weighted by atomic mass is 9.98. The Hall–Kier alpha value is -3.19. The molecule has 1 heterocycles. The number of amides is 4. The van der Waals surface area contributed by atoms with Crippen molar-refractivity contribution >= 4 is 23.5 Å². The molecule has 1 aliphatic carbocycles. The van der Waals surface area contributed by atoms with E-state index in [4.69, 9.17) is 0 Å². The van der Waals surface area contributed by atoms with Crippen molar-refractivity contribution in [3.05, 3.63) is 65.7 Å². The largest absolute Gasteiger partial charge is 0.325 e. The highest BCUT2D eigenvalue weighted by atomic mass is 16.2. The van der Waals surface area contributed by atoms with E-state index in [0.717, 1.165) is 42.5 Å². The average Bonchev–Trinajstić information content (AvgIpc) is 3.35. The lowest BCUT2D eigenvalue weighted by Crippen LogP contribution is -2.44. The number of urea groups is 1. The Bertz CT molecular complexity index is 968. The molecule has 7 heteroatoms. The van der Waals surface area contributed by atoms with Gasteiger partial charge < -0.3 is 16.0 Å². The summed E-state index contributed by atoms with van der Waals surface area (Å²) < 4.78 is 0. The minimum atomic E-state index is -0.676. The van der Waals surface area contributed by atoms with Crippen LogP contribution in [0.25, 0.3) is 0 Å². The van der Waals surface area contributed by atoms with Gasteiger partial charge in [-0.1, -0.05) is 60.9 Å². The van der Waals surface area contributed by atoms with Crippen LogP contribution >= 0.6 is 0 Å². The van der Waals surface area contributed by atoms with Gasteiger partial charge in [-0.3, -0.25) is 14.5 Å².